The topological polar surface area (TPSA) is 56.2 Å². The van der Waals surface area contributed by atoms with Crippen LogP contribution in [0.4, 0.5) is 0 Å². The molecule has 1 aromatic heterocycles. The summed E-state index contributed by atoms with van der Waals surface area (Å²) in [6, 6.07) is 7.83. The molecular formula is C16H16BrNO2. The molecule has 1 heterocycles. The van der Waals surface area contributed by atoms with Gasteiger partial charge in [-0.05, 0) is 49.2 Å². The van der Waals surface area contributed by atoms with E-state index >= 15 is 0 Å². The number of phenols is 1. The first kappa shape index (κ1) is 13.5. The lowest BCUT2D eigenvalue weighted by Gasteiger charge is -2.11. The van der Waals surface area contributed by atoms with Crippen molar-refractivity contribution in [3.05, 3.63) is 39.9 Å². The van der Waals surface area contributed by atoms with Gasteiger partial charge in [-0.2, -0.15) is 0 Å². The van der Waals surface area contributed by atoms with Crippen LogP contribution in [0, 0.1) is 6.92 Å². The van der Waals surface area contributed by atoms with Crippen LogP contribution in [0.1, 0.15) is 18.1 Å². The molecule has 0 saturated carbocycles. The van der Waals surface area contributed by atoms with E-state index in [1.807, 2.05) is 25.1 Å². The van der Waals surface area contributed by atoms with Gasteiger partial charge in [0, 0.05) is 27.2 Å². The summed E-state index contributed by atoms with van der Waals surface area (Å²) >= 11 is 3.48. The summed E-state index contributed by atoms with van der Waals surface area (Å²) in [5, 5.41) is 21.9. The molecular weight excluding hydrogens is 318 g/mol. The molecule has 4 heteroatoms. The standard InChI is InChI=1S/C16H16BrNO2/c1-8(19)5-11-9(2)15(20)7-13-12-6-10(17)3-4-14(12)18-16(11)13/h3-4,6-8,18-20H,5H2,1-2H3. The molecule has 20 heavy (non-hydrogen) atoms. The monoisotopic (exact) mass is 333 g/mol. The Labute approximate surface area is 125 Å². The van der Waals surface area contributed by atoms with Crippen LogP contribution in [0.15, 0.2) is 28.7 Å². The van der Waals surface area contributed by atoms with Gasteiger partial charge in [-0.1, -0.05) is 15.9 Å². The highest BCUT2D eigenvalue weighted by Crippen LogP contribution is 2.35. The third kappa shape index (κ3) is 2.09. The number of H-pyrrole nitrogens is 1. The number of aromatic hydroxyl groups is 1. The van der Waals surface area contributed by atoms with Gasteiger partial charge in [0.05, 0.1) is 11.6 Å². The van der Waals surface area contributed by atoms with Gasteiger partial charge >= 0.3 is 0 Å². The van der Waals surface area contributed by atoms with Gasteiger partial charge in [-0.15, -0.1) is 0 Å². The zero-order valence-electron chi connectivity index (χ0n) is 11.4. The van der Waals surface area contributed by atoms with Gasteiger partial charge < -0.3 is 15.2 Å². The Morgan fingerprint density at radius 1 is 1.25 bits per heavy atom. The molecule has 3 rings (SSSR count). The van der Waals surface area contributed by atoms with E-state index in [1.54, 1.807) is 13.0 Å². The van der Waals surface area contributed by atoms with E-state index in [0.29, 0.717) is 6.42 Å². The summed E-state index contributed by atoms with van der Waals surface area (Å²) in [7, 11) is 0. The number of phenolic OH excluding ortho intramolecular Hbond substituents is 1. The van der Waals surface area contributed by atoms with E-state index in [2.05, 4.69) is 20.9 Å². The molecule has 3 aromatic rings. The maximum atomic E-state index is 10.2. The van der Waals surface area contributed by atoms with Crippen molar-refractivity contribution in [2.45, 2.75) is 26.4 Å². The summed E-state index contributed by atoms with van der Waals surface area (Å²) in [5.41, 5.74) is 3.82. The number of hydrogen-bond acceptors (Lipinski definition) is 2. The lowest BCUT2D eigenvalue weighted by molar-refractivity contribution is 0.195. The van der Waals surface area contributed by atoms with Crippen LogP contribution in [-0.4, -0.2) is 21.3 Å². The summed E-state index contributed by atoms with van der Waals surface area (Å²) in [6.07, 6.45) is 0.0712. The van der Waals surface area contributed by atoms with E-state index in [1.165, 1.54) is 0 Å². The lowest BCUT2D eigenvalue weighted by Crippen LogP contribution is -2.06. The highest BCUT2D eigenvalue weighted by Gasteiger charge is 2.15. The molecule has 1 unspecified atom stereocenters. The number of benzene rings is 2. The fourth-order valence-electron chi connectivity index (χ4n) is 2.71. The number of halogens is 1. The van der Waals surface area contributed by atoms with E-state index in [0.717, 1.165) is 37.4 Å². The number of hydrogen-bond donors (Lipinski definition) is 3. The third-order valence-corrected chi connectivity index (χ3v) is 4.21. The van der Waals surface area contributed by atoms with E-state index in [-0.39, 0.29) is 5.75 Å². The molecule has 3 N–H and O–H groups in total. The van der Waals surface area contributed by atoms with Crippen LogP contribution in [-0.2, 0) is 6.42 Å². The van der Waals surface area contributed by atoms with E-state index in [4.69, 9.17) is 0 Å². The number of aromatic amines is 1. The molecule has 2 aromatic carbocycles. The highest BCUT2D eigenvalue weighted by atomic mass is 79.9. The molecule has 104 valence electrons. The Kier molecular flexibility index (Phi) is 3.22. The van der Waals surface area contributed by atoms with Gasteiger partial charge in [0.25, 0.3) is 0 Å². The lowest BCUT2D eigenvalue weighted by atomic mass is 9.98. The fraction of sp³-hybridized carbons (Fsp3) is 0.250. The summed E-state index contributed by atoms with van der Waals surface area (Å²) in [4.78, 5) is 3.40. The van der Waals surface area contributed by atoms with Crippen molar-refractivity contribution in [1.29, 1.82) is 0 Å². The Morgan fingerprint density at radius 3 is 2.70 bits per heavy atom. The summed E-state index contributed by atoms with van der Waals surface area (Å²) in [6.45, 7) is 3.64. The number of aromatic nitrogens is 1. The van der Waals surface area contributed by atoms with Gasteiger partial charge in [0.1, 0.15) is 5.75 Å². The molecule has 0 aliphatic heterocycles. The average molecular weight is 334 g/mol. The van der Waals surface area contributed by atoms with Crippen LogP contribution in [0.3, 0.4) is 0 Å². The van der Waals surface area contributed by atoms with Gasteiger partial charge in [0.15, 0.2) is 0 Å². The molecule has 0 amide bonds. The number of aliphatic hydroxyl groups is 1. The predicted molar refractivity (Wildman–Crippen MR) is 85.3 cm³/mol. The maximum Gasteiger partial charge on any atom is 0.119 e. The SMILES string of the molecule is Cc1c(O)cc2c([nH]c3ccc(Br)cc32)c1CC(C)O. The molecule has 1 atom stereocenters. The number of nitrogens with one attached hydrogen (secondary N) is 1. The predicted octanol–water partition coefficient (Wildman–Crippen LogP) is 4.02. The molecule has 0 aliphatic carbocycles. The number of fused-ring (bicyclic) bond motifs is 3. The van der Waals surface area contributed by atoms with Crippen LogP contribution in [0.5, 0.6) is 5.75 Å². The van der Waals surface area contributed by atoms with Crippen molar-refractivity contribution < 1.29 is 10.2 Å². The molecule has 0 saturated heterocycles. The van der Waals surface area contributed by atoms with Gasteiger partial charge in [-0.3, -0.25) is 0 Å². The van der Waals surface area contributed by atoms with Crippen LogP contribution in [0.2, 0.25) is 0 Å². The normalized spacial score (nSPS) is 13.2. The number of rotatable bonds is 2. The van der Waals surface area contributed by atoms with Crippen LogP contribution < -0.4 is 0 Å². The Hall–Kier alpha value is -1.52. The Balaban J connectivity index is 2.42. The van der Waals surface area contributed by atoms with Crippen molar-refractivity contribution in [2.75, 3.05) is 0 Å². The van der Waals surface area contributed by atoms with Crippen molar-refractivity contribution in [1.82, 2.24) is 4.98 Å². The Morgan fingerprint density at radius 2 is 2.00 bits per heavy atom. The maximum absolute atomic E-state index is 10.2. The second-order valence-electron chi connectivity index (χ2n) is 5.29. The molecule has 0 bridgehead atoms. The van der Waals surface area contributed by atoms with Gasteiger partial charge in [-0.25, -0.2) is 0 Å². The van der Waals surface area contributed by atoms with Crippen molar-refractivity contribution in [2.24, 2.45) is 0 Å². The second kappa shape index (κ2) is 4.79. The first-order valence-electron chi connectivity index (χ1n) is 6.58. The fourth-order valence-corrected chi connectivity index (χ4v) is 3.07. The molecule has 0 radical (unpaired) electrons. The minimum Gasteiger partial charge on any atom is -0.508 e. The van der Waals surface area contributed by atoms with Crippen molar-refractivity contribution in [3.63, 3.8) is 0 Å². The molecule has 3 nitrogen and oxygen atoms in total. The van der Waals surface area contributed by atoms with Gasteiger partial charge in [0.2, 0.25) is 0 Å². The smallest absolute Gasteiger partial charge is 0.119 e. The molecule has 0 spiro atoms. The third-order valence-electron chi connectivity index (χ3n) is 3.72. The number of aliphatic hydroxyl groups excluding tert-OH is 1. The van der Waals surface area contributed by atoms with Crippen molar-refractivity contribution in [3.8, 4) is 5.75 Å². The van der Waals surface area contributed by atoms with E-state index < -0.39 is 6.10 Å². The van der Waals surface area contributed by atoms with Crippen molar-refractivity contribution >= 4 is 37.7 Å². The Bertz CT molecular complexity index is 805. The molecule has 0 aliphatic rings. The molecule has 0 fully saturated rings. The minimum absolute atomic E-state index is 0.272. The first-order valence-corrected chi connectivity index (χ1v) is 7.37. The zero-order valence-corrected chi connectivity index (χ0v) is 13.0. The summed E-state index contributed by atoms with van der Waals surface area (Å²) in [5.74, 6) is 0.272. The minimum atomic E-state index is -0.447. The van der Waals surface area contributed by atoms with Crippen LogP contribution >= 0.6 is 15.9 Å². The summed E-state index contributed by atoms with van der Waals surface area (Å²) < 4.78 is 1.00. The van der Waals surface area contributed by atoms with E-state index in [9.17, 15) is 10.2 Å². The second-order valence-corrected chi connectivity index (χ2v) is 6.21. The highest BCUT2D eigenvalue weighted by molar-refractivity contribution is 9.10. The van der Waals surface area contributed by atoms with Crippen LogP contribution in [0.25, 0.3) is 21.8 Å². The zero-order chi connectivity index (χ0) is 14.4. The average Bonchev–Trinajstić information content (AvgIpc) is 2.72. The largest absolute Gasteiger partial charge is 0.508 e. The quantitative estimate of drug-likeness (QED) is 0.663. The first-order chi connectivity index (χ1) is 9.47.